The number of carbonyl (C=O) groups excluding carboxylic acids is 2. The molecule has 0 atom stereocenters. The average molecular weight is 361 g/mol. The quantitative estimate of drug-likeness (QED) is 0.853. The molecule has 0 unspecified atom stereocenters. The van der Waals surface area contributed by atoms with Gasteiger partial charge in [0.1, 0.15) is 5.75 Å². The number of aryl methyl sites for hydroxylation is 1. The number of urea groups is 1. The number of rotatable bonds is 5. The summed E-state index contributed by atoms with van der Waals surface area (Å²) in [4.78, 5) is 28.0. The number of benzene rings is 1. The van der Waals surface area contributed by atoms with Crippen molar-refractivity contribution in [2.75, 3.05) is 12.4 Å². The van der Waals surface area contributed by atoms with Crippen LogP contribution in [0, 0.1) is 12.8 Å². The van der Waals surface area contributed by atoms with Crippen LogP contribution in [0.1, 0.15) is 18.4 Å². The number of nitrogens with one attached hydrogen (secondary N) is 2. The van der Waals surface area contributed by atoms with E-state index in [1.165, 1.54) is 11.3 Å². The van der Waals surface area contributed by atoms with E-state index in [4.69, 9.17) is 9.47 Å². The van der Waals surface area contributed by atoms with Crippen LogP contribution in [0.2, 0.25) is 0 Å². The van der Waals surface area contributed by atoms with Crippen LogP contribution in [0.15, 0.2) is 29.8 Å². The predicted molar refractivity (Wildman–Crippen MR) is 94.0 cm³/mol. The summed E-state index contributed by atoms with van der Waals surface area (Å²) in [7, 11) is 1.62. The van der Waals surface area contributed by atoms with E-state index in [0.717, 1.165) is 5.56 Å². The fourth-order valence-electron chi connectivity index (χ4n) is 2.54. The van der Waals surface area contributed by atoms with Crippen LogP contribution in [0.3, 0.4) is 0 Å². The van der Waals surface area contributed by atoms with Gasteiger partial charge < -0.3 is 14.8 Å². The third kappa shape index (κ3) is 4.34. The number of imide groups is 1. The Bertz CT molecular complexity index is 757. The lowest BCUT2D eigenvalue weighted by Gasteiger charge is -2.32. The smallest absolute Gasteiger partial charge is 0.325 e. The fourth-order valence-corrected chi connectivity index (χ4v) is 3.04. The molecule has 0 bridgehead atoms. The minimum atomic E-state index is -0.543. The van der Waals surface area contributed by atoms with Crippen LogP contribution in [0.4, 0.5) is 10.5 Å². The molecule has 3 rings (SSSR count). The second-order valence-electron chi connectivity index (χ2n) is 5.85. The molecule has 2 N–H and O–H groups in total. The van der Waals surface area contributed by atoms with Crippen molar-refractivity contribution in [3.63, 3.8) is 0 Å². The monoisotopic (exact) mass is 361 g/mol. The number of aromatic nitrogens is 1. The maximum absolute atomic E-state index is 12.0. The molecule has 0 radical (unpaired) electrons. The van der Waals surface area contributed by atoms with Crippen LogP contribution in [-0.4, -0.2) is 30.1 Å². The molecule has 7 nitrogen and oxygen atoms in total. The number of carbonyl (C=O) groups is 2. The van der Waals surface area contributed by atoms with Crippen molar-refractivity contribution in [1.82, 2.24) is 10.3 Å². The molecule has 0 spiro atoms. The zero-order chi connectivity index (χ0) is 17.8. The van der Waals surface area contributed by atoms with Crippen molar-refractivity contribution in [3.8, 4) is 10.9 Å². The highest BCUT2D eigenvalue weighted by molar-refractivity contribution is 7.11. The first-order valence-corrected chi connectivity index (χ1v) is 8.75. The molecule has 8 heteroatoms. The zero-order valence-corrected chi connectivity index (χ0v) is 14.8. The Balaban J connectivity index is 1.53. The first kappa shape index (κ1) is 17.4. The average Bonchev–Trinajstić information content (AvgIpc) is 3.02. The third-order valence-electron chi connectivity index (χ3n) is 4.08. The van der Waals surface area contributed by atoms with Gasteiger partial charge in [-0.15, -0.1) is 0 Å². The summed E-state index contributed by atoms with van der Waals surface area (Å²) in [6.45, 7) is 1.87. The second-order valence-corrected chi connectivity index (χ2v) is 6.71. The molecule has 1 aliphatic rings. The molecule has 1 fully saturated rings. The molecule has 1 aromatic carbocycles. The van der Waals surface area contributed by atoms with E-state index in [9.17, 15) is 9.59 Å². The number of anilines is 1. The van der Waals surface area contributed by atoms with Gasteiger partial charge in [-0.3, -0.25) is 10.1 Å². The molecular formula is C17H19N3O4S. The Morgan fingerprint density at radius 1 is 1.32 bits per heavy atom. The van der Waals surface area contributed by atoms with Gasteiger partial charge in [0.05, 0.1) is 6.10 Å². The zero-order valence-electron chi connectivity index (χ0n) is 13.9. The summed E-state index contributed by atoms with van der Waals surface area (Å²) >= 11 is 1.40. The van der Waals surface area contributed by atoms with Crippen LogP contribution in [0.25, 0.3) is 0 Å². The van der Waals surface area contributed by atoms with Gasteiger partial charge in [-0.25, -0.2) is 9.78 Å². The number of methoxy groups -OCH3 is 1. The summed E-state index contributed by atoms with van der Waals surface area (Å²) in [6.07, 6.45) is 3.09. The van der Waals surface area contributed by atoms with E-state index >= 15 is 0 Å². The van der Waals surface area contributed by atoms with Crippen LogP contribution >= 0.6 is 11.3 Å². The summed E-state index contributed by atoms with van der Waals surface area (Å²) in [5.74, 6) is 0.231. The summed E-state index contributed by atoms with van der Waals surface area (Å²) in [5.41, 5.74) is 1.43. The number of amides is 3. The Labute approximate surface area is 149 Å². The van der Waals surface area contributed by atoms with E-state index in [2.05, 4.69) is 15.6 Å². The third-order valence-corrected chi connectivity index (χ3v) is 4.72. The molecule has 132 valence electrons. The van der Waals surface area contributed by atoms with Crippen molar-refractivity contribution < 1.29 is 19.1 Å². The van der Waals surface area contributed by atoms with Gasteiger partial charge in [0.2, 0.25) is 5.91 Å². The molecular weight excluding hydrogens is 342 g/mol. The summed E-state index contributed by atoms with van der Waals surface area (Å²) in [5, 5.41) is 7.41. The molecule has 2 aromatic rings. The van der Waals surface area contributed by atoms with Gasteiger partial charge in [-0.05, 0) is 43.5 Å². The van der Waals surface area contributed by atoms with Crippen molar-refractivity contribution in [3.05, 3.63) is 35.3 Å². The van der Waals surface area contributed by atoms with Crippen molar-refractivity contribution >= 4 is 29.0 Å². The first-order valence-electron chi connectivity index (χ1n) is 7.88. The van der Waals surface area contributed by atoms with Gasteiger partial charge in [-0.2, -0.15) is 0 Å². The SMILES string of the molecule is COC1CC(C(=O)NC(=O)Nc2ccc(Oc3nccs3)c(C)c2)C1. The maximum Gasteiger partial charge on any atom is 0.325 e. The van der Waals surface area contributed by atoms with E-state index in [1.54, 1.807) is 31.5 Å². The molecule has 1 aromatic heterocycles. The Morgan fingerprint density at radius 2 is 2.12 bits per heavy atom. The maximum atomic E-state index is 12.0. The molecule has 1 heterocycles. The highest BCUT2D eigenvalue weighted by atomic mass is 32.1. The molecule has 1 saturated carbocycles. The van der Waals surface area contributed by atoms with E-state index < -0.39 is 6.03 Å². The lowest BCUT2D eigenvalue weighted by molar-refractivity contribution is -0.131. The fraction of sp³-hybridized carbons (Fsp3) is 0.353. The van der Waals surface area contributed by atoms with E-state index in [0.29, 0.717) is 29.5 Å². The van der Waals surface area contributed by atoms with Gasteiger partial charge >= 0.3 is 6.03 Å². The number of ether oxygens (including phenoxy) is 2. The molecule has 25 heavy (non-hydrogen) atoms. The second kappa shape index (κ2) is 7.62. The van der Waals surface area contributed by atoms with Gasteiger partial charge in [0, 0.05) is 30.3 Å². The van der Waals surface area contributed by atoms with Gasteiger partial charge in [-0.1, -0.05) is 11.3 Å². The van der Waals surface area contributed by atoms with Crippen LogP contribution < -0.4 is 15.4 Å². The highest BCUT2D eigenvalue weighted by Crippen LogP contribution is 2.30. The normalized spacial score (nSPS) is 19.0. The number of nitrogens with zero attached hydrogens (tertiary/aromatic N) is 1. The lowest BCUT2D eigenvalue weighted by atomic mass is 9.81. The van der Waals surface area contributed by atoms with E-state index in [-0.39, 0.29) is 17.9 Å². The molecule has 0 aliphatic heterocycles. The summed E-state index contributed by atoms with van der Waals surface area (Å²) < 4.78 is 10.8. The number of thiazole rings is 1. The van der Waals surface area contributed by atoms with Gasteiger partial charge in [0.25, 0.3) is 5.19 Å². The van der Waals surface area contributed by atoms with E-state index in [1.807, 2.05) is 12.3 Å². The van der Waals surface area contributed by atoms with Gasteiger partial charge in [0.15, 0.2) is 0 Å². The first-order chi connectivity index (χ1) is 12.0. The molecule has 3 amide bonds. The molecule has 1 aliphatic carbocycles. The Morgan fingerprint density at radius 3 is 2.76 bits per heavy atom. The minimum Gasteiger partial charge on any atom is -0.431 e. The predicted octanol–water partition coefficient (Wildman–Crippen LogP) is 3.32. The van der Waals surface area contributed by atoms with Crippen molar-refractivity contribution in [2.45, 2.75) is 25.9 Å². The van der Waals surface area contributed by atoms with Crippen LogP contribution in [-0.2, 0) is 9.53 Å². The molecule has 0 saturated heterocycles. The standard InChI is InChI=1S/C17H19N3O4S/c1-10-7-12(3-4-14(10)24-17-18-5-6-25-17)19-16(22)20-15(21)11-8-13(9-11)23-2/h3-7,11,13H,8-9H2,1-2H3,(H2,19,20,21,22). The minimum absolute atomic E-state index is 0.117. The Kier molecular flexibility index (Phi) is 5.30. The summed E-state index contributed by atoms with van der Waals surface area (Å²) in [6, 6.07) is 4.70. The topological polar surface area (TPSA) is 89.5 Å². The number of hydrogen-bond donors (Lipinski definition) is 2. The van der Waals surface area contributed by atoms with Crippen molar-refractivity contribution in [2.24, 2.45) is 5.92 Å². The Hall–Kier alpha value is -2.45. The van der Waals surface area contributed by atoms with Crippen molar-refractivity contribution in [1.29, 1.82) is 0 Å². The highest BCUT2D eigenvalue weighted by Gasteiger charge is 2.35. The van der Waals surface area contributed by atoms with Crippen LogP contribution in [0.5, 0.6) is 10.9 Å². The number of hydrogen-bond acceptors (Lipinski definition) is 6. The largest absolute Gasteiger partial charge is 0.431 e. The lowest BCUT2D eigenvalue weighted by Crippen LogP contribution is -2.45.